The average molecular weight is 317 g/mol. The second kappa shape index (κ2) is 6.34. The van der Waals surface area contributed by atoms with Crippen molar-refractivity contribution >= 4 is 5.95 Å². The molecular weight excluding hydrogens is 290 g/mol. The largest absolute Gasteiger partial charge is 0.389 e. The number of rotatable bonds is 4. The van der Waals surface area contributed by atoms with Crippen LogP contribution in [0.3, 0.4) is 0 Å². The first-order chi connectivity index (χ1) is 11.2. The molecule has 1 aromatic heterocycles. The monoisotopic (exact) mass is 317 g/mol. The molecule has 0 unspecified atom stereocenters. The molecule has 1 saturated carbocycles. The molecule has 0 atom stereocenters. The fourth-order valence-corrected chi connectivity index (χ4v) is 4.25. The Balaban J connectivity index is 1.22. The summed E-state index contributed by atoms with van der Waals surface area (Å²) in [5.74, 6) is 0.853. The van der Waals surface area contributed by atoms with E-state index in [1.54, 1.807) is 0 Å². The Morgan fingerprint density at radius 1 is 1.04 bits per heavy atom. The lowest BCUT2D eigenvalue weighted by atomic mass is 9.97. The number of likely N-dealkylation sites (tertiary alicyclic amines) is 1. The molecule has 23 heavy (non-hydrogen) atoms. The van der Waals surface area contributed by atoms with Gasteiger partial charge in [0.2, 0.25) is 5.95 Å². The molecular formula is C17H27N5O. The van der Waals surface area contributed by atoms with E-state index in [0.717, 1.165) is 64.6 Å². The van der Waals surface area contributed by atoms with E-state index < -0.39 is 5.60 Å². The maximum atomic E-state index is 10.5. The summed E-state index contributed by atoms with van der Waals surface area (Å²) in [6.07, 6.45) is 7.99. The van der Waals surface area contributed by atoms with Crippen LogP contribution in [-0.2, 0) is 0 Å². The predicted molar refractivity (Wildman–Crippen MR) is 89.5 cm³/mol. The highest BCUT2D eigenvalue weighted by Crippen LogP contribution is 2.32. The highest BCUT2D eigenvalue weighted by molar-refractivity contribution is 5.29. The lowest BCUT2D eigenvalue weighted by Gasteiger charge is -2.49. The number of hydrogen-bond acceptors (Lipinski definition) is 6. The number of β-amino-alcohol motifs (C(OH)–C–C–N with tert-alkyl or cyclic N) is 1. The van der Waals surface area contributed by atoms with Crippen LogP contribution in [-0.4, -0.2) is 82.3 Å². The van der Waals surface area contributed by atoms with Gasteiger partial charge in [0.15, 0.2) is 0 Å². The van der Waals surface area contributed by atoms with Gasteiger partial charge in [-0.1, -0.05) is 12.8 Å². The quantitative estimate of drug-likeness (QED) is 0.877. The van der Waals surface area contributed by atoms with E-state index in [2.05, 4.69) is 24.7 Å². The van der Waals surface area contributed by atoms with Gasteiger partial charge >= 0.3 is 0 Å². The number of hydrogen-bond donors (Lipinski definition) is 1. The van der Waals surface area contributed by atoms with Gasteiger partial charge in [0.1, 0.15) is 0 Å². The maximum absolute atomic E-state index is 10.5. The standard InChI is InChI=1S/C17H27N5O/c23-17(4-1-2-5-17)14-20-12-15(13-20)21-8-10-22(11-9-21)16-18-6-3-7-19-16/h3,6-7,15,23H,1-2,4-5,8-14H2. The van der Waals surface area contributed by atoms with E-state index in [-0.39, 0.29) is 0 Å². The van der Waals surface area contributed by atoms with Gasteiger partial charge in [0.05, 0.1) is 5.60 Å². The van der Waals surface area contributed by atoms with Crippen molar-refractivity contribution in [2.45, 2.75) is 37.3 Å². The molecule has 1 aromatic rings. The third kappa shape index (κ3) is 3.34. The van der Waals surface area contributed by atoms with Crippen molar-refractivity contribution in [3.05, 3.63) is 18.5 Å². The molecule has 6 nitrogen and oxygen atoms in total. The van der Waals surface area contributed by atoms with E-state index in [1.165, 1.54) is 12.8 Å². The van der Waals surface area contributed by atoms with Crippen LogP contribution in [0.2, 0.25) is 0 Å². The summed E-state index contributed by atoms with van der Waals surface area (Å²) in [6.45, 7) is 7.28. The molecule has 126 valence electrons. The highest BCUT2D eigenvalue weighted by atomic mass is 16.3. The fraction of sp³-hybridized carbons (Fsp3) is 0.765. The van der Waals surface area contributed by atoms with E-state index in [1.807, 2.05) is 18.5 Å². The van der Waals surface area contributed by atoms with Crippen LogP contribution in [0.15, 0.2) is 18.5 Å². The molecule has 1 aliphatic carbocycles. The number of anilines is 1. The summed E-state index contributed by atoms with van der Waals surface area (Å²) >= 11 is 0. The molecule has 0 radical (unpaired) electrons. The average Bonchev–Trinajstić information content (AvgIpc) is 2.98. The van der Waals surface area contributed by atoms with E-state index in [9.17, 15) is 5.11 Å². The molecule has 3 heterocycles. The highest BCUT2D eigenvalue weighted by Gasteiger charge is 2.39. The summed E-state index contributed by atoms with van der Waals surface area (Å²) in [6, 6.07) is 2.53. The lowest BCUT2D eigenvalue weighted by Crippen LogP contribution is -2.65. The van der Waals surface area contributed by atoms with E-state index in [0.29, 0.717) is 6.04 Å². The Labute approximate surface area is 138 Å². The molecule has 0 spiro atoms. The Morgan fingerprint density at radius 3 is 2.35 bits per heavy atom. The SMILES string of the molecule is OC1(CN2CC(N3CCN(c4ncccn4)CC3)C2)CCCC1. The minimum absolute atomic E-state index is 0.395. The molecule has 0 amide bonds. The lowest BCUT2D eigenvalue weighted by molar-refractivity contribution is -0.0426. The molecule has 0 aromatic carbocycles. The van der Waals surface area contributed by atoms with E-state index in [4.69, 9.17) is 0 Å². The maximum Gasteiger partial charge on any atom is 0.225 e. The van der Waals surface area contributed by atoms with Crippen molar-refractivity contribution in [2.75, 3.05) is 50.7 Å². The van der Waals surface area contributed by atoms with Crippen molar-refractivity contribution in [2.24, 2.45) is 0 Å². The molecule has 0 bridgehead atoms. The van der Waals surface area contributed by atoms with Gasteiger partial charge in [-0.25, -0.2) is 9.97 Å². The Kier molecular flexibility index (Phi) is 4.22. The van der Waals surface area contributed by atoms with Crippen LogP contribution in [0, 0.1) is 0 Å². The van der Waals surface area contributed by atoms with Crippen molar-refractivity contribution in [3.63, 3.8) is 0 Å². The summed E-state index contributed by atoms with van der Waals surface area (Å²) < 4.78 is 0. The summed E-state index contributed by atoms with van der Waals surface area (Å²) in [5.41, 5.74) is -0.395. The van der Waals surface area contributed by atoms with E-state index >= 15 is 0 Å². The molecule has 3 fully saturated rings. The predicted octanol–water partition coefficient (Wildman–Crippen LogP) is 0.588. The zero-order valence-electron chi connectivity index (χ0n) is 13.8. The van der Waals surface area contributed by atoms with Crippen molar-refractivity contribution in [1.82, 2.24) is 19.8 Å². The Bertz CT molecular complexity index is 505. The summed E-state index contributed by atoms with van der Waals surface area (Å²) in [7, 11) is 0. The zero-order chi connectivity index (χ0) is 15.7. The first-order valence-corrected chi connectivity index (χ1v) is 8.93. The molecule has 3 aliphatic rings. The van der Waals surface area contributed by atoms with Gasteiger partial charge in [0.25, 0.3) is 0 Å². The van der Waals surface area contributed by atoms with Crippen LogP contribution in [0.5, 0.6) is 0 Å². The molecule has 2 aliphatic heterocycles. The summed E-state index contributed by atoms with van der Waals surface area (Å²) in [4.78, 5) is 16.0. The molecule has 2 saturated heterocycles. The van der Waals surface area contributed by atoms with Gasteiger partial charge in [-0.3, -0.25) is 9.80 Å². The van der Waals surface area contributed by atoms with Crippen molar-refractivity contribution < 1.29 is 5.11 Å². The van der Waals surface area contributed by atoms with Crippen molar-refractivity contribution in [3.8, 4) is 0 Å². The zero-order valence-corrected chi connectivity index (χ0v) is 13.8. The smallest absolute Gasteiger partial charge is 0.225 e. The normalized spacial score (nSPS) is 26.4. The number of aliphatic hydroxyl groups is 1. The van der Waals surface area contributed by atoms with Crippen LogP contribution in [0.25, 0.3) is 0 Å². The molecule has 4 rings (SSSR count). The molecule has 1 N–H and O–H groups in total. The van der Waals surface area contributed by atoms with Crippen LogP contribution >= 0.6 is 0 Å². The van der Waals surface area contributed by atoms with Crippen LogP contribution in [0.4, 0.5) is 5.95 Å². The first-order valence-electron chi connectivity index (χ1n) is 8.93. The number of piperazine rings is 1. The van der Waals surface area contributed by atoms with Gasteiger partial charge < -0.3 is 10.0 Å². The van der Waals surface area contributed by atoms with Gasteiger partial charge in [0, 0.05) is 64.2 Å². The third-order valence-electron chi connectivity index (χ3n) is 5.66. The van der Waals surface area contributed by atoms with Gasteiger partial charge in [-0.15, -0.1) is 0 Å². The minimum Gasteiger partial charge on any atom is -0.389 e. The fourth-order valence-electron chi connectivity index (χ4n) is 4.25. The van der Waals surface area contributed by atoms with Gasteiger partial charge in [-0.05, 0) is 18.9 Å². The second-order valence-corrected chi connectivity index (χ2v) is 7.35. The molecule has 6 heteroatoms. The van der Waals surface area contributed by atoms with Crippen LogP contribution in [0.1, 0.15) is 25.7 Å². The Hall–Kier alpha value is -1.24. The second-order valence-electron chi connectivity index (χ2n) is 7.35. The number of aromatic nitrogens is 2. The first kappa shape index (κ1) is 15.3. The van der Waals surface area contributed by atoms with Crippen LogP contribution < -0.4 is 4.90 Å². The third-order valence-corrected chi connectivity index (χ3v) is 5.66. The van der Waals surface area contributed by atoms with Gasteiger partial charge in [-0.2, -0.15) is 0 Å². The number of nitrogens with zero attached hydrogens (tertiary/aromatic N) is 5. The topological polar surface area (TPSA) is 55.7 Å². The summed E-state index contributed by atoms with van der Waals surface area (Å²) in [5, 5.41) is 10.5. The van der Waals surface area contributed by atoms with Crippen molar-refractivity contribution in [1.29, 1.82) is 0 Å². The minimum atomic E-state index is -0.395. The Morgan fingerprint density at radius 2 is 1.70 bits per heavy atom.